The number of anilines is 2. The van der Waals surface area contributed by atoms with E-state index in [-0.39, 0.29) is 11.7 Å². The van der Waals surface area contributed by atoms with E-state index < -0.39 is 0 Å². The summed E-state index contributed by atoms with van der Waals surface area (Å²) >= 11 is 2.59. The molecule has 0 spiro atoms. The first-order chi connectivity index (χ1) is 13.9. The summed E-state index contributed by atoms with van der Waals surface area (Å²) < 4.78 is 13.1. The van der Waals surface area contributed by atoms with E-state index in [0.717, 1.165) is 27.9 Å². The second-order valence-electron chi connectivity index (χ2n) is 7.10. The molecule has 8 heteroatoms. The zero-order chi connectivity index (χ0) is 20.5. The van der Waals surface area contributed by atoms with Gasteiger partial charge in [-0.15, -0.1) is 22.7 Å². The van der Waals surface area contributed by atoms with Crippen molar-refractivity contribution in [3.63, 3.8) is 0 Å². The Morgan fingerprint density at radius 1 is 1.17 bits per heavy atom. The predicted molar refractivity (Wildman–Crippen MR) is 118 cm³/mol. The Kier molecular flexibility index (Phi) is 5.29. The largest absolute Gasteiger partial charge is 0.397 e. The summed E-state index contributed by atoms with van der Waals surface area (Å²) in [5.41, 5.74) is 9.09. The third-order valence-electron chi connectivity index (χ3n) is 4.34. The number of fused-ring (bicyclic) bond motifs is 1. The van der Waals surface area contributed by atoms with E-state index in [0.29, 0.717) is 27.3 Å². The van der Waals surface area contributed by atoms with E-state index in [9.17, 15) is 9.18 Å². The standard InChI is InChI=1S/C21H19FN4OS2/c1-11(2)9-14-7-8-15-17(23)18(29-20(15)24-14)19(27)26-21-25-16(10-28-21)12-3-5-13(22)6-4-12/h3-8,10-11H,9,23H2,1-2H3,(H,25,26,27). The molecule has 0 atom stereocenters. The summed E-state index contributed by atoms with van der Waals surface area (Å²) in [6.45, 7) is 4.28. The first-order valence-electron chi connectivity index (χ1n) is 9.11. The summed E-state index contributed by atoms with van der Waals surface area (Å²) in [4.78, 5) is 23.0. The maximum Gasteiger partial charge on any atom is 0.269 e. The Bertz CT molecular complexity index is 1180. The van der Waals surface area contributed by atoms with Crippen molar-refractivity contribution in [2.75, 3.05) is 11.1 Å². The molecule has 3 N–H and O–H groups in total. The van der Waals surface area contributed by atoms with Gasteiger partial charge in [-0.25, -0.2) is 14.4 Å². The lowest BCUT2D eigenvalue weighted by Gasteiger charge is -2.03. The van der Waals surface area contributed by atoms with Crippen LogP contribution in [0, 0.1) is 11.7 Å². The number of nitrogen functional groups attached to an aromatic ring is 1. The van der Waals surface area contributed by atoms with Crippen LogP contribution in [0.4, 0.5) is 15.2 Å². The fourth-order valence-corrected chi connectivity index (χ4v) is 4.70. The van der Waals surface area contributed by atoms with Crippen LogP contribution in [-0.2, 0) is 6.42 Å². The second kappa shape index (κ2) is 7.88. The summed E-state index contributed by atoms with van der Waals surface area (Å²) in [6.07, 6.45) is 0.876. The quantitative estimate of drug-likeness (QED) is 0.436. The number of carbonyl (C=O) groups excluding carboxylic acids is 1. The van der Waals surface area contributed by atoms with Crippen molar-refractivity contribution in [3.8, 4) is 11.3 Å². The highest BCUT2D eigenvalue weighted by molar-refractivity contribution is 7.21. The highest BCUT2D eigenvalue weighted by atomic mass is 32.1. The molecule has 1 amide bonds. The third kappa shape index (κ3) is 4.13. The Labute approximate surface area is 175 Å². The van der Waals surface area contributed by atoms with Crippen molar-refractivity contribution in [1.29, 1.82) is 0 Å². The summed E-state index contributed by atoms with van der Waals surface area (Å²) in [6, 6.07) is 9.96. The number of carbonyl (C=O) groups is 1. The first-order valence-corrected chi connectivity index (χ1v) is 10.8. The molecule has 148 valence electrons. The van der Waals surface area contributed by atoms with E-state index in [1.54, 1.807) is 12.1 Å². The van der Waals surface area contributed by atoms with Crippen LogP contribution in [0.5, 0.6) is 0 Å². The average Bonchev–Trinajstić information content (AvgIpc) is 3.26. The SMILES string of the molecule is CC(C)Cc1ccc2c(N)c(C(=O)Nc3nc(-c4ccc(F)cc4)cs3)sc2n1. The molecule has 4 aromatic rings. The number of halogens is 1. The molecule has 0 aliphatic heterocycles. The second-order valence-corrected chi connectivity index (χ2v) is 8.95. The number of amides is 1. The van der Waals surface area contributed by atoms with Gasteiger partial charge in [0.05, 0.1) is 11.4 Å². The van der Waals surface area contributed by atoms with E-state index in [2.05, 4.69) is 29.1 Å². The van der Waals surface area contributed by atoms with Crippen molar-refractivity contribution in [2.45, 2.75) is 20.3 Å². The van der Waals surface area contributed by atoms with Crippen molar-refractivity contribution in [2.24, 2.45) is 5.92 Å². The molecular formula is C21H19FN4OS2. The molecule has 0 aliphatic carbocycles. The molecular weight excluding hydrogens is 407 g/mol. The maximum atomic E-state index is 13.1. The molecule has 3 heterocycles. The van der Waals surface area contributed by atoms with Gasteiger partial charge in [-0.1, -0.05) is 13.8 Å². The summed E-state index contributed by atoms with van der Waals surface area (Å²) in [5.74, 6) is -0.112. The normalized spacial score (nSPS) is 11.3. The number of pyridine rings is 1. The molecule has 0 saturated heterocycles. The van der Waals surface area contributed by atoms with Crippen molar-refractivity contribution in [1.82, 2.24) is 9.97 Å². The van der Waals surface area contributed by atoms with Crippen LogP contribution in [0.3, 0.4) is 0 Å². The van der Waals surface area contributed by atoms with Crippen LogP contribution < -0.4 is 11.1 Å². The van der Waals surface area contributed by atoms with Gasteiger partial charge in [-0.3, -0.25) is 10.1 Å². The van der Waals surface area contributed by atoms with Gasteiger partial charge >= 0.3 is 0 Å². The minimum atomic E-state index is -0.309. The molecule has 29 heavy (non-hydrogen) atoms. The third-order valence-corrected chi connectivity index (χ3v) is 6.21. The predicted octanol–water partition coefficient (Wildman–Crippen LogP) is 5.59. The Hall–Kier alpha value is -2.84. The molecule has 1 aromatic carbocycles. The number of nitrogens with one attached hydrogen (secondary N) is 1. The van der Waals surface area contributed by atoms with Crippen LogP contribution in [-0.4, -0.2) is 15.9 Å². The minimum absolute atomic E-state index is 0.303. The molecule has 0 bridgehead atoms. The average molecular weight is 427 g/mol. The van der Waals surface area contributed by atoms with Crippen molar-refractivity contribution < 1.29 is 9.18 Å². The lowest BCUT2D eigenvalue weighted by Crippen LogP contribution is -2.11. The highest BCUT2D eigenvalue weighted by Crippen LogP contribution is 2.34. The number of aromatic nitrogens is 2. The number of nitrogens with zero attached hydrogens (tertiary/aromatic N) is 2. The van der Waals surface area contributed by atoms with Gasteiger partial charge < -0.3 is 5.73 Å². The van der Waals surface area contributed by atoms with Gasteiger partial charge in [0.1, 0.15) is 15.5 Å². The van der Waals surface area contributed by atoms with E-state index in [1.807, 2.05) is 17.5 Å². The van der Waals surface area contributed by atoms with Gasteiger partial charge in [0.2, 0.25) is 0 Å². The van der Waals surface area contributed by atoms with Crippen LogP contribution in [0.25, 0.3) is 21.5 Å². The lowest BCUT2D eigenvalue weighted by atomic mass is 10.1. The highest BCUT2D eigenvalue weighted by Gasteiger charge is 2.19. The van der Waals surface area contributed by atoms with Gasteiger partial charge in [0, 0.05) is 22.0 Å². The fraction of sp³-hybridized carbons (Fsp3) is 0.190. The van der Waals surface area contributed by atoms with Gasteiger partial charge in [-0.05, 0) is 48.7 Å². The lowest BCUT2D eigenvalue weighted by molar-refractivity contribution is 0.103. The first kappa shape index (κ1) is 19.5. The molecule has 0 saturated carbocycles. The number of hydrogen-bond donors (Lipinski definition) is 2. The number of thiazole rings is 1. The number of thiophene rings is 1. The summed E-state index contributed by atoms with van der Waals surface area (Å²) in [5, 5.41) is 5.87. The van der Waals surface area contributed by atoms with Gasteiger partial charge in [-0.2, -0.15) is 0 Å². The van der Waals surface area contributed by atoms with Crippen molar-refractivity contribution in [3.05, 3.63) is 58.2 Å². The van der Waals surface area contributed by atoms with Crippen LogP contribution in [0.15, 0.2) is 41.8 Å². The molecule has 3 aromatic heterocycles. The van der Waals surface area contributed by atoms with Gasteiger partial charge in [0.15, 0.2) is 5.13 Å². The molecule has 0 radical (unpaired) electrons. The van der Waals surface area contributed by atoms with E-state index >= 15 is 0 Å². The molecule has 0 unspecified atom stereocenters. The number of hydrogen-bond acceptors (Lipinski definition) is 6. The maximum absolute atomic E-state index is 13.1. The number of benzene rings is 1. The minimum Gasteiger partial charge on any atom is -0.397 e. The Balaban J connectivity index is 1.56. The van der Waals surface area contributed by atoms with Crippen LogP contribution >= 0.6 is 22.7 Å². The molecule has 5 nitrogen and oxygen atoms in total. The Morgan fingerprint density at radius 3 is 2.66 bits per heavy atom. The smallest absolute Gasteiger partial charge is 0.269 e. The van der Waals surface area contributed by atoms with E-state index in [4.69, 9.17) is 5.73 Å². The summed E-state index contributed by atoms with van der Waals surface area (Å²) in [7, 11) is 0. The molecule has 4 rings (SSSR count). The van der Waals surface area contributed by atoms with E-state index in [1.165, 1.54) is 34.8 Å². The number of rotatable bonds is 5. The Morgan fingerprint density at radius 2 is 1.93 bits per heavy atom. The molecule has 0 fully saturated rings. The molecule has 0 aliphatic rings. The monoisotopic (exact) mass is 426 g/mol. The van der Waals surface area contributed by atoms with Crippen LogP contribution in [0.2, 0.25) is 0 Å². The zero-order valence-corrected chi connectivity index (χ0v) is 17.5. The van der Waals surface area contributed by atoms with Gasteiger partial charge in [0.25, 0.3) is 5.91 Å². The van der Waals surface area contributed by atoms with Crippen LogP contribution in [0.1, 0.15) is 29.2 Å². The fourth-order valence-electron chi connectivity index (χ4n) is 2.97. The number of nitrogens with two attached hydrogens (primary N) is 1. The topological polar surface area (TPSA) is 80.9 Å². The zero-order valence-electron chi connectivity index (χ0n) is 15.9. The van der Waals surface area contributed by atoms with Crippen molar-refractivity contribution >= 4 is 49.6 Å².